The largest absolute Gasteiger partial charge is 0.341 e. The molecule has 1 atom stereocenters. The molecule has 1 aliphatic rings. The maximum absolute atomic E-state index is 12.0. The van der Waals surface area contributed by atoms with Crippen LogP contribution < -0.4 is 5.32 Å². The van der Waals surface area contributed by atoms with Crippen molar-refractivity contribution in [2.75, 3.05) is 19.6 Å². The fraction of sp³-hybridized carbons (Fsp3) is 0.692. The Morgan fingerprint density at radius 1 is 1.44 bits per heavy atom. The highest BCUT2D eigenvalue weighted by Crippen LogP contribution is 2.08. The van der Waals surface area contributed by atoms with Crippen molar-refractivity contribution in [1.82, 2.24) is 19.8 Å². The fourth-order valence-corrected chi connectivity index (χ4v) is 2.30. The van der Waals surface area contributed by atoms with E-state index in [1.165, 1.54) is 0 Å². The molecule has 1 aliphatic heterocycles. The van der Waals surface area contributed by atoms with Crippen molar-refractivity contribution in [3.63, 3.8) is 0 Å². The fourth-order valence-electron chi connectivity index (χ4n) is 2.30. The van der Waals surface area contributed by atoms with Crippen LogP contribution in [0.4, 0.5) is 0 Å². The van der Waals surface area contributed by atoms with Crippen molar-refractivity contribution in [3.8, 4) is 0 Å². The number of carbonyl (C=O) groups excluding carboxylic acids is 1. The lowest BCUT2D eigenvalue weighted by atomic mass is 10.2. The molecule has 0 saturated carbocycles. The predicted molar refractivity (Wildman–Crippen MR) is 70.1 cm³/mol. The highest BCUT2D eigenvalue weighted by Gasteiger charge is 2.22. The molecular formula is C13H22N4O. The van der Waals surface area contributed by atoms with Crippen LogP contribution in [0.25, 0.3) is 0 Å². The van der Waals surface area contributed by atoms with Gasteiger partial charge in [0.15, 0.2) is 0 Å². The van der Waals surface area contributed by atoms with Crippen molar-refractivity contribution >= 4 is 5.91 Å². The average Bonchev–Trinajstić information content (AvgIpc) is 3.05. The Balaban J connectivity index is 1.62. The van der Waals surface area contributed by atoms with Crippen molar-refractivity contribution in [2.45, 2.75) is 38.8 Å². The lowest BCUT2D eigenvalue weighted by molar-refractivity contribution is -0.131. The van der Waals surface area contributed by atoms with Gasteiger partial charge >= 0.3 is 0 Å². The summed E-state index contributed by atoms with van der Waals surface area (Å²) in [5.41, 5.74) is 0. The Labute approximate surface area is 108 Å². The molecule has 0 aromatic carbocycles. The van der Waals surface area contributed by atoms with Crippen LogP contribution in [-0.2, 0) is 11.3 Å². The molecule has 0 spiro atoms. The van der Waals surface area contributed by atoms with E-state index in [9.17, 15) is 4.79 Å². The molecule has 2 heterocycles. The third-order valence-electron chi connectivity index (χ3n) is 3.39. The summed E-state index contributed by atoms with van der Waals surface area (Å²) in [6, 6.07) is -0.0640. The number of imidazole rings is 1. The molecule has 100 valence electrons. The highest BCUT2D eigenvalue weighted by atomic mass is 16.2. The number of likely N-dealkylation sites (tertiary alicyclic amines) is 1. The smallest absolute Gasteiger partial charge is 0.239 e. The molecule has 1 unspecified atom stereocenters. The van der Waals surface area contributed by atoms with Crippen LogP contribution in [0.3, 0.4) is 0 Å². The number of nitrogens with zero attached hydrogens (tertiary/aromatic N) is 3. The van der Waals surface area contributed by atoms with E-state index in [2.05, 4.69) is 14.9 Å². The van der Waals surface area contributed by atoms with Crippen LogP contribution in [0.2, 0.25) is 0 Å². The standard InChI is InChI=1S/C13H22N4O/c1-12(13(18)17-8-2-3-9-17)15-5-4-7-16-10-6-14-11-16/h6,10-12,15H,2-5,7-9H2,1H3. The number of hydrogen-bond acceptors (Lipinski definition) is 3. The monoisotopic (exact) mass is 250 g/mol. The Kier molecular flexibility index (Phi) is 4.75. The molecule has 1 fully saturated rings. The lowest BCUT2D eigenvalue weighted by Gasteiger charge is -2.21. The van der Waals surface area contributed by atoms with Gasteiger partial charge in [0, 0.05) is 32.0 Å². The Bertz CT molecular complexity index is 357. The summed E-state index contributed by atoms with van der Waals surface area (Å²) in [5, 5.41) is 3.30. The second kappa shape index (κ2) is 6.54. The van der Waals surface area contributed by atoms with Crippen molar-refractivity contribution in [1.29, 1.82) is 0 Å². The molecule has 2 rings (SSSR count). The molecule has 1 aromatic rings. The molecule has 0 radical (unpaired) electrons. The first-order valence-corrected chi connectivity index (χ1v) is 6.75. The molecule has 0 bridgehead atoms. The van der Waals surface area contributed by atoms with Crippen molar-refractivity contribution < 1.29 is 4.79 Å². The van der Waals surface area contributed by atoms with Gasteiger partial charge in [0.05, 0.1) is 12.4 Å². The zero-order chi connectivity index (χ0) is 12.8. The number of nitrogens with one attached hydrogen (secondary N) is 1. The SMILES string of the molecule is CC(NCCCn1ccnc1)C(=O)N1CCCC1. The van der Waals surface area contributed by atoms with Gasteiger partial charge in [0.25, 0.3) is 0 Å². The summed E-state index contributed by atoms with van der Waals surface area (Å²) in [7, 11) is 0. The first kappa shape index (κ1) is 13.1. The van der Waals surface area contributed by atoms with Gasteiger partial charge in [-0.1, -0.05) is 0 Å². The average molecular weight is 250 g/mol. The highest BCUT2D eigenvalue weighted by molar-refractivity contribution is 5.81. The summed E-state index contributed by atoms with van der Waals surface area (Å²) in [6.45, 7) is 5.62. The molecule has 1 N–H and O–H groups in total. The number of hydrogen-bond donors (Lipinski definition) is 1. The molecule has 0 aliphatic carbocycles. The number of rotatable bonds is 6. The van der Waals surface area contributed by atoms with Crippen LogP contribution in [0, 0.1) is 0 Å². The van der Waals surface area contributed by atoms with E-state index >= 15 is 0 Å². The zero-order valence-electron chi connectivity index (χ0n) is 11.0. The van der Waals surface area contributed by atoms with Crippen LogP contribution in [0.15, 0.2) is 18.7 Å². The molecule has 1 aromatic heterocycles. The third kappa shape index (κ3) is 3.57. The predicted octanol–water partition coefficient (Wildman–Crippen LogP) is 0.874. The summed E-state index contributed by atoms with van der Waals surface area (Å²) in [4.78, 5) is 18.0. The van der Waals surface area contributed by atoms with E-state index in [0.717, 1.165) is 45.4 Å². The van der Waals surface area contributed by atoms with E-state index in [1.807, 2.05) is 24.3 Å². The first-order valence-electron chi connectivity index (χ1n) is 6.75. The Hall–Kier alpha value is -1.36. The van der Waals surface area contributed by atoms with Crippen LogP contribution >= 0.6 is 0 Å². The lowest BCUT2D eigenvalue weighted by Crippen LogP contribution is -2.44. The van der Waals surface area contributed by atoms with E-state index in [-0.39, 0.29) is 11.9 Å². The van der Waals surface area contributed by atoms with E-state index in [1.54, 1.807) is 6.20 Å². The molecule has 5 heteroatoms. The van der Waals surface area contributed by atoms with Gasteiger partial charge in [-0.05, 0) is 32.7 Å². The van der Waals surface area contributed by atoms with E-state index in [0.29, 0.717) is 0 Å². The summed E-state index contributed by atoms with van der Waals surface area (Å²) in [6.07, 6.45) is 8.87. The number of amides is 1. The van der Waals surface area contributed by atoms with E-state index in [4.69, 9.17) is 0 Å². The van der Waals surface area contributed by atoms with Crippen LogP contribution in [-0.4, -0.2) is 46.0 Å². The normalized spacial score (nSPS) is 17.1. The van der Waals surface area contributed by atoms with Gasteiger partial charge in [-0.3, -0.25) is 4.79 Å². The Morgan fingerprint density at radius 3 is 2.89 bits per heavy atom. The second-order valence-electron chi connectivity index (χ2n) is 4.86. The quantitative estimate of drug-likeness (QED) is 0.762. The summed E-state index contributed by atoms with van der Waals surface area (Å²) >= 11 is 0. The molecule has 1 amide bonds. The number of aromatic nitrogens is 2. The first-order chi connectivity index (χ1) is 8.77. The molecule has 1 saturated heterocycles. The van der Waals surface area contributed by atoms with Gasteiger partial charge in [0.2, 0.25) is 5.91 Å². The summed E-state index contributed by atoms with van der Waals surface area (Å²) < 4.78 is 2.05. The van der Waals surface area contributed by atoms with Crippen molar-refractivity contribution in [3.05, 3.63) is 18.7 Å². The third-order valence-corrected chi connectivity index (χ3v) is 3.39. The van der Waals surface area contributed by atoms with Crippen LogP contribution in [0.5, 0.6) is 0 Å². The maximum Gasteiger partial charge on any atom is 0.239 e. The van der Waals surface area contributed by atoms with Gasteiger partial charge in [-0.15, -0.1) is 0 Å². The second-order valence-corrected chi connectivity index (χ2v) is 4.86. The maximum atomic E-state index is 12.0. The Morgan fingerprint density at radius 2 is 2.22 bits per heavy atom. The molecular weight excluding hydrogens is 228 g/mol. The zero-order valence-corrected chi connectivity index (χ0v) is 11.0. The number of aryl methyl sites for hydroxylation is 1. The van der Waals surface area contributed by atoms with Gasteiger partial charge in [-0.2, -0.15) is 0 Å². The van der Waals surface area contributed by atoms with Crippen molar-refractivity contribution in [2.24, 2.45) is 0 Å². The summed E-state index contributed by atoms with van der Waals surface area (Å²) in [5.74, 6) is 0.245. The van der Waals surface area contributed by atoms with Gasteiger partial charge < -0.3 is 14.8 Å². The minimum Gasteiger partial charge on any atom is -0.341 e. The van der Waals surface area contributed by atoms with E-state index < -0.39 is 0 Å². The topological polar surface area (TPSA) is 50.2 Å². The number of carbonyl (C=O) groups is 1. The minimum absolute atomic E-state index is 0.0640. The van der Waals surface area contributed by atoms with Crippen LogP contribution in [0.1, 0.15) is 26.2 Å². The molecule has 18 heavy (non-hydrogen) atoms. The molecule has 5 nitrogen and oxygen atoms in total. The van der Waals surface area contributed by atoms with Gasteiger partial charge in [-0.25, -0.2) is 4.98 Å². The van der Waals surface area contributed by atoms with Gasteiger partial charge in [0.1, 0.15) is 0 Å². The minimum atomic E-state index is -0.0640.